The van der Waals surface area contributed by atoms with E-state index in [1.165, 1.54) is 37.5 Å². The summed E-state index contributed by atoms with van der Waals surface area (Å²) in [4.78, 5) is 12.4. The number of rotatable bonds is 7. The minimum Gasteiger partial charge on any atom is -0.493 e. The molecule has 0 aliphatic carbocycles. The quantitative estimate of drug-likeness (QED) is 0.235. The summed E-state index contributed by atoms with van der Waals surface area (Å²) in [5.74, 6) is -0.966. The Labute approximate surface area is 197 Å². The standard InChI is InChI=1S/C24H17F2IN2O3/c1-31-22-12-15(10-17(13-28)24(30)29-21-9-5-4-8-19(21)26)11-20(27)23(22)32-14-16-6-2-3-7-18(16)25/h2-12H,14H2,1H3,(H,29,30)/b17-10-. The molecule has 1 amide bonds. The van der Waals surface area contributed by atoms with Crippen LogP contribution in [0.15, 0.2) is 66.2 Å². The monoisotopic (exact) mass is 546 g/mol. The van der Waals surface area contributed by atoms with Crippen molar-refractivity contribution in [2.45, 2.75) is 6.61 Å². The van der Waals surface area contributed by atoms with Crippen LogP contribution in [0.4, 0.5) is 14.5 Å². The number of nitrogens with one attached hydrogen (secondary N) is 1. The number of carbonyl (C=O) groups excluding carboxylic acids is 1. The number of carbonyl (C=O) groups is 1. The Kier molecular flexibility index (Phi) is 7.78. The summed E-state index contributed by atoms with van der Waals surface area (Å²) in [6.07, 6.45) is 1.36. The van der Waals surface area contributed by atoms with E-state index in [4.69, 9.17) is 9.47 Å². The van der Waals surface area contributed by atoms with E-state index in [1.54, 1.807) is 36.4 Å². The third-order valence-corrected chi connectivity index (χ3v) is 5.18. The van der Waals surface area contributed by atoms with Crippen LogP contribution < -0.4 is 14.8 Å². The molecule has 5 nitrogen and oxygen atoms in total. The third-order valence-electron chi connectivity index (χ3n) is 4.38. The molecule has 3 rings (SSSR count). The average molecular weight is 546 g/mol. The molecule has 0 fully saturated rings. The first-order chi connectivity index (χ1) is 15.4. The molecule has 0 aliphatic heterocycles. The predicted molar refractivity (Wildman–Crippen MR) is 125 cm³/mol. The molecule has 0 aliphatic rings. The lowest BCUT2D eigenvalue weighted by Gasteiger charge is -2.14. The number of methoxy groups -OCH3 is 1. The van der Waals surface area contributed by atoms with Gasteiger partial charge in [-0.15, -0.1) is 0 Å². The number of anilines is 1. The first-order valence-electron chi connectivity index (χ1n) is 9.34. The Bertz CT molecular complexity index is 1220. The summed E-state index contributed by atoms with van der Waals surface area (Å²) < 4.78 is 39.4. The summed E-state index contributed by atoms with van der Waals surface area (Å²) in [5.41, 5.74) is 0.657. The number of halogens is 3. The summed E-state index contributed by atoms with van der Waals surface area (Å²) >= 11 is 2.02. The molecule has 32 heavy (non-hydrogen) atoms. The maximum atomic E-state index is 13.9. The molecule has 3 aromatic carbocycles. The summed E-state index contributed by atoms with van der Waals surface area (Å²) in [6.45, 7) is 0.00269. The van der Waals surface area contributed by atoms with E-state index >= 15 is 0 Å². The van der Waals surface area contributed by atoms with E-state index in [9.17, 15) is 18.8 Å². The molecule has 0 saturated heterocycles. The molecule has 0 aromatic heterocycles. The van der Waals surface area contributed by atoms with E-state index in [0.717, 1.165) is 0 Å². The van der Waals surface area contributed by atoms with Crippen molar-refractivity contribution in [1.29, 1.82) is 5.26 Å². The van der Waals surface area contributed by atoms with Crippen LogP contribution >= 0.6 is 22.6 Å². The van der Waals surface area contributed by atoms with E-state index in [0.29, 0.717) is 26.2 Å². The number of benzene rings is 3. The molecule has 0 unspecified atom stereocenters. The minimum atomic E-state index is -0.744. The molecular weight excluding hydrogens is 529 g/mol. The molecule has 0 spiro atoms. The number of ether oxygens (including phenoxy) is 2. The SMILES string of the molecule is COc1cc(/C=C(/C#N)C(=O)Nc2ccccc2F)cc(I)c1OCc1ccccc1F. The summed E-state index contributed by atoms with van der Waals surface area (Å²) in [6, 6.07) is 17.1. The number of para-hydroxylation sites is 1. The zero-order chi connectivity index (χ0) is 23.1. The molecule has 162 valence electrons. The number of amides is 1. The fourth-order valence-corrected chi connectivity index (χ4v) is 3.58. The molecule has 3 aromatic rings. The lowest BCUT2D eigenvalue weighted by molar-refractivity contribution is -0.112. The van der Waals surface area contributed by atoms with Crippen LogP contribution in [-0.4, -0.2) is 13.0 Å². The maximum absolute atomic E-state index is 13.9. The molecule has 0 saturated carbocycles. The van der Waals surface area contributed by atoms with Crippen LogP contribution in [0, 0.1) is 26.5 Å². The number of hydrogen-bond donors (Lipinski definition) is 1. The van der Waals surface area contributed by atoms with E-state index in [-0.39, 0.29) is 23.7 Å². The highest BCUT2D eigenvalue weighted by Gasteiger charge is 2.15. The lowest BCUT2D eigenvalue weighted by Crippen LogP contribution is -2.14. The highest BCUT2D eigenvalue weighted by Crippen LogP contribution is 2.35. The average Bonchev–Trinajstić information content (AvgIpc) is 2.78. The lowest BCUT2D eigenvalue weighted by atomic mass is 10.1. The second kappa shape index (κ2) is 10.7. The maximum Gasteiger partial charge on any atom is 0.266 e. The van der Waals surface area contributed by atoms with Crippen LogP contribution in [0.5, 0.6) is 11.5 Å². The van der Waals surface area contributed by atoms with Crippen LogP contribution in [0.1, 0.15) is 11.1 Å². The van der Waals surface area contributed by atoms with Crippen molar-refractivity contribution < 1.29 is 23.0 Å². The molecule has 0 bridgehead atoms. The van der Waals surface area contributed by atoms with Crippen molar-refractivity contribution in [2.24, 2.45) is 0 Å². The van der Waals surface area contributed by atoms with E-state index in [1.807, 2.05) is 28.7 Å². The van der Waals surface area contributed by atoms with Gasteiger partial charge in [0.2, 0.25) is 0 Å². The second-order valence-electron chi connectivity index (χ2n) is 6.52. The van der Waals surface area contributed by atoms with Gasteiger partial charge in [-0.25, -0.2) is 8.78 Å². The van der Waals surface area contributed by atoms with Gasteiger partial charge in [-0.05, 0) is 64.6 Å². The molecule has 0 radical (unpaired) electrons. The van der Waals surface area contributed by atoms with Crippen molar-refractivity contribution >= 4 is 40.3 Å². The van der Waals surface area contributed by atoms with Gasteiger partial charge in [0.1, 0.15) is 29.9 Å². The van der Waals surface area contributed by atoms with Crippen LogP contribution in [0.2, 0.25) is 0 Å². The third kappa shape index (κ3) is 5.62. The van der Waals surface area contributed by atoms with Crippen LogP contribution in [0.3, 0.4) is 0 Å². The van der Waals surface area contributed by atoms with Gasteiger partial charge in [-0.2, -0.15) is 5.26 Å². The van der Waals surface area contributed by atoms with Gasteiger partial charge in [0.25, 0.3) is 5.91 Å². The summed E-state index contributed by atoms with van der Waals surface area (Å²) in [7, 11) is 1.45. The van der Waals surface area contributed by atoms with E-state index < -0.39 is 11.7 Å². The molecule has 0 heterocycles. The molecule has 0 atom stereocenters. The normalized spacial score (nSPS) is 10.9. The molecular formula is C24H17F2IN2O3. The van der Waals surface area contributed by atoms with Gasteiger partial charge in [0, 0.05) is 5.56 Å². The number of nitriles is 1. The Morgan fingerprint density at radius 1 is 1.12 bits per heavy atom. The zero-order valence-electron chi connectivity index (χ0n) is 16.9. The Morgan fingerprint density at radius 2 is 1.81 bits per heavy atom. The predicted octanol–water partition coefficient (Wildman–Crippen LogP) is 5.70. The summed E-state index contributed by atoms with van der Waals surface area (Å²) in [5, 5.41) is 11.8. The fraction of sp³-hybridized carbons (Fsp3) is 0.0833. The van der Waals surface area contributed by atoms with Crippen LogP contribution in [-0.2, 0) is 11.4 Å². The second-order valence-corrected chi connectivity index (χ2v) is 7.68. The van der Waals surface area contributed by atoms with Gasteiger partial charge < -0.3 is 14.8 Å². The largest absolute Gasteiger partial charge is 0.493 e. The van der Waals surface area contributed by atoms with Gasteiger partial charge in [-0.3, -0.25) is 4.79 Å². The van der Waals surface area contributed by atoms with Gasteiger partial charge in [0.15, 0.2) is 11.5 Å². The van der Waals surface area contributed by atoms with Crippen molar-refractivity contribution in [2.75, 3.05) is 12.4 Å². The van der Waals surface area contributed by atoms with Gasteiger partial charge >= 0.3 is 0 Å². The van der Waals surface area contributed by atoms with Crippen molar-refractivity contribution in [3.05, 3.63) is 92.6 Å². The van der Waals surface area contributed by atoms with Gasteiger partial charge in [-0.1, -0.05) is 30.3 Å². The molecule has 8 heteroatoms. The topological polar surface area (TPSA) is 71.3 Å². The van der Waals surface area contributed by atoms with E-state index in [2.05, 4.69) is 5.32 Å². The first kappa shape index (κ1) is 23.2. The van der Waals surface area contributed by atoms with Gasteiger partial charge in [0.05, 0.1) is 16.4 Å². The Balaban J connectivity index is 1.84. The number of nitrogens with zero attached hydrogens (tertiary/aromatic N) is 1. The fourth-order valence-electron chi connectivity index (χ4n) is 2.80. The highest BCUT2D eigenvalue weighted by molar-refractivity contribution is 14.1. The smallest absolute Gasteiger partial charge is 0.266 e. The van der Waals surface area contributed by atoms with Crippen molar-refractivity contribution in [1.82, 2.24) is 0 Å². The van der Waals surface area contributed by atoms with Crippen molar-refractivity contribution in [3.8, 4) is 17.6 Å². The Hall–Kier alpha value is -3.45. The van der Waals surface area contributed by atoms with Crippen molar-refractivity contribution in [3.63, 3.8) is 0 Å². The Morgan fingerprint density at radius 3 is 2.47 bits per heavy atom. The first-order valence-corrected chi connectivity index (χ1v) is 10.4. The minimum absolute atomic E-state index is 0.00269. The zero-order valence-corrected chi connectivity index (χ0v) is 19.0. The van der Waals surface area contributed by atoms with Crippen LogP contribution in [0.25, 0.3) is 6.08 Å². The molecule has 1 N–H and O–H groups in total. The highest BCUT2D eigenvalue weighted by atomic mass is 127. The number of hydrogen-bond acceptors (Lipinski definition) is 4.